The Kier molecular flexibility index (Phi) is 5.37. The summed E-state index contributed by atoms with van der Waals surface area (Å²) < 4.78 is 0. The van der Waals surface area contributed by atoms with Crippen molar-refractivity contribution in [2.75, 3.05) is 0 Å². The maximum absolute atomic E-state index is 12.3. The van der Waals surface area contributed by atoms with E-state index in [9.17, 15) is 4.79 Å². The van der Waals surface area contributed by atoms with Crippen LogP contribution in [0.25, 0.3) is 11.1 Å². The van der Waals surface area contributed by atoms with E-state index in [1.165, 1.54) is 0 Å². The van der Waals surface area contributed by atoms with Crippen LogP contribution in [0.3, 0.4) is 0 Å². The molecule has 25 heavy (non-hydrogen) atoms. The van der Waals surface area contributed by atoms with Crippen molar-refractivity contribution in [3.63, 3.8) is 0 Å². The third-order valence-electron chi connectivity index (χ3n) is 3.99. The van der Waals surface area contributed by atoms with Gasteiger partial charge in [-0.25, -0.2) is 5.43 Å². The minimum Gasteiger partial charge on any atom is -0.267 e. The molecule has 3 nitrogen and oxygen atoms in total. The molecule has 0 bridgehead atoms. The van der Waals surface area contributed by atoms with Gasteiger partial charge in [0.2, 0.25) is 0 Å². The lowest BCUT2D eigenvalue weighted by Crippen LogP contribution is -2.19. The number of hydrazone groups is 1. The van der Waals surface area contributed by atoms with Gasteiger partial charge in [-0.3, -0.25) is 4.79 Å². The van der Waals surface area contributed by atoms with Crippen molar-refractivity contribution in [1.82, 2.24) is 5.43 Å². The highest BCUT2D eigenvalue weighted by Gasteiger charge is 2.06. The summed E-state index contributed by atoms with van der Waals surface area (Å²) in [5, 5.41) is 4.29. The summed E-state index contributed by atoms with van der Waals surface area (Å²) >= 11 is 0. The molecule has 0 aliphatic carbocycles. The Balaban J connectivity index is 1.72. The minimum absolute atomic E-state index is 0.207. The number of rotatable bonds is 5. The van der Waals surface area contributed by atoms with Gasteiger partial charge >= 0.3 is 0 Å². The molecule has 0 unspecified atom stereocenters. The molecule has 0 heterocycles. The SMILES string of the molecule is CCC(=NNC(=O)c1ccc(-c2ccccc2)cc1)c1ccccc1. The summed E-state index contributed by atoms with van der Waals surface area (Å²) in [5.41, 5.74) is 7.33. The Morgan fingerprint density at radius 2 is 1.32 bits per heavy atom. The number of hydrogen-bond donors (Lipinski definition) is 1. The first-order valence-electron chi connectivity index (χ1n) is 8.35. The molecule has 3 heteroatoms. The Labute approximate surface area is 148 Å². The Hall–Kier alpha value is -3.20. The lowest BCUT2D eigenvalue weighted by Gasteiger charge is -2.06. The highest BCUT2D eigenvalue weighted by molar-refractivity contribution is 6.02. The molecule has 0 atom stereocenters. The van der Waals surface area contributed by atoms with E-state index in [2.05, 4.69) is 10.5 Å². The van der Waals surface area contributed by atoms with Crippen molar-refractivity contribution >= 4 is 11.6 Å². The highest BCUT2D eigenvalue weighted by atomic mass is 16.2. The summed E-state index contributed by atoms with van der Waals surface area (Å²) in [7, 11) is 0. The fourth-order valence-corrected chi connectivity index (χ4v) is 2.61. The van der Waals surface area contributed by atoms with Crippen LogP contribution in [0, 0.1) is 0 Å². The molecule has 3 rings (SSSR count). The van der Waals surface area contributed by atoms with Gasteiger partial charge in [0.25, 0.3) is 5.91 Å². The smallest absolute Gasteiger partial charge is 0.267 e. The number of carbonyl (C=O) groups is 1. The summed E-state index contributed by atoms with van der Waals surface area (Å²) in [5.74, 6) is -0.207. The van der Waals surface area contributed by atoms with Crippen molar-refractivity contribution in [3.05, 3.63) is 96.1 Å². The highest BCUT2D eigenvalue weighted by Crippen LogP contribution is 2.19. The van der Waals surface area contributed by atoms with Crippen LogP contribution < -0.4 is 5.43 Å². The second-order valence-electron chi connectivity index (χ2n) is 5.66. The molecule has 1 amide bonds. The number of carbonyl (C=O) groups excluding carboxylic acids is 1. The number of nitrogens with zero attached hydrogens (tertiary/aromatic N) is 1. The van der Waals surface area contributed by atoms with Crippen LogP contribution in [0.1, 0.15) is 29.3 Å². The first-order valence-corrected chi connectivity index (χ1v) is 8.35. The van der Waals surface area contributed by atoms with Crippen LogP contribution in [0.15, 0.2) is 90.0 Å². The zero-order valence-corrected chi connectivity index (χ0v) is 14.1. The van der Waals surface area contributed by atoms with Gasteiger partial charge in [-0.2, -0.15) is 5.10 Å². The van der Waals surface area contributed by atoms with E-state index < -0.39 is 0 Å². The predicted molar refractivity (Wildman–Crippen MR) is 103 cm³/mol. The van der Waals surface area contributed by atoms with E-state index in [0.717, 1.165) is 28.8 Å². The number of hydrogen-bond acceptors (Lipinski definition) is 2. The molecule has 0 aliphatic heterocycles. The summed E-state index contributed by atoms with van der Waals surface area (Å²) in [6, 6.07) is 27.5. The Morgan fingerprint density at radius 1 is 0.760 bits per heavy atom. The summed E-state index contributed by atoms with van der Waals surface area (Å²) in [4.78, 5) is 12.3. The van der Waals surface area contributed by atoms with Crippen LogP contribution in [0.4, 0.5) is 0 Å². The largest absolute Gasteiger partial charge is 0.271 e. The van der Waals surface area contributed by atoms with Crippen molar-refractivity contribution < 1.29 is 4.79 Å². The van der Waals surface area contributed by atoms with Crippen LogP contribution >= 0.6 is 0 Å². The van der Waals surface area contributed by atoms with Crippen molar-refractivity contribution in [2.24, 2.45) is 5.10 Å². The monoisotopic (exact) mass is 328 g/mol. The van der Waals surface area contributed by atoms with E-state index in [-0.39, 0.29) is 5.91 Å². The standard InChI is InChI=1S/C22H20N2O/c1-2-21(19-11-7-4-8-12-19)23-24-22(25)20-15-13-18(14-16-20)17-9-5-3-6-10-17/h3-16H,2H2,1H3,(H,24,25). The molecular formula is C22H20N2O. The second-order valence-corrected chi connectivity index (χ2v) is 5.66. The number of amides is 1. The predicted octanol–water partition coefficient (Wildman–Crippen LogP) is 4.90. The van der Waals surface area contributed by atoms with Gasteiger partial charge in [0.15, 0.2) is 0 Å². The fourth-order valence-electron chi connectivity index (χ4n) is 2.61. The number of benzene rings is 3. The molecule has 124 valence electrons. The Morgan fingerprint density at radius 3 is 1.92 bits per heavy atom. The molecule has 0 radical (unpaired) electrons. The molecule has 0 saturated heterocycles. The first kappa shape index (κ1) is 16.7. The minimum atomic E-state index is -0.207. The van der Waals surface area contributed by atoms with Crippen LogP contribution in [-0.2, 0) is 0 Å². The van der Waals surface area contributed by atoms with Crippen molar-refractivity contribution in [1.29, 1.82) is 0 Å². The molecule has 0 fully saturated rings. The molecular weight excluding hydrogens is 308 g/mol. The lowest BCUT2D eigenvalue weighted by atomic mass is 10.0. The van der Waals surface area contributed by atoms with Gasteiger partial charge in [0, 0.05) is 5.56 Å². The van der Waals surface area contributed by atoms with Gasteiger partial charge in [0.05, 0.1) is 5.71 Å². The van der Waals surface area contributed by atoms with E-state index in [0.29, 0.717) is 5.56 Å². The van der Waals surface area contributed by atoms with Crippen molar-refractivity contribution in [2.45, 2.75) is 13.3 Å². The fraction of sp³-hybridized carbons (Fsp3) is 0.0909. The van der Waals surface area contributed by atoms with Crippen LogP contribution in [-0.4, -0.2) is 11.6 Å². The van der Waals surface area contributed by atoms with Crippen molar-refractivity contribution in [3.8, 4) is 11.1 Å². The van der Waals surface area contributed by atoms with Gasteiger partial charge in [-0.05, 0) is 35.2 Å². The van der Waals surface area contributed by atoms with Gasteiger partial charge in [-0.1, -0.05) is 79.7 Å². The molecule has 0 aliphatic rings. The molecule has 0 saturated carbocycles. The zero-order chi connectivity index (χ0) is 17.5. The Bertz CT molecular complexity index is 854. The quantitative estimate of drug-likeness (QED) is 0.525. The van der Waals surface area contributed by atoms with E-state index >= 15 is 0 Å². The van der Waals surface area contributed by atoms with Crippen LogP contribution in [0.5, 0.6) is 0 Å². The zero-order valence-electron chi connectivity index (χ0n) is 14.1. The second kappa shape index (κ2) is 8.06. The third kappa shape index (κ3) is 4.21. The normalized spacial score (nSPS) is 11.2. The lowest BCUT2D eigenvalue weighted by molar-refractivity contribution is 0.0955. The van der Waals surface area contributed by atoms with Gasteiger partial charge in [0.1, 0.15) is 0 Å². The number of nitrogens with one attached hydrogen (secondary N) is 1. The maximum atomic E-state index is 12.3. The summed E-state index contributed by atoms with van der Waals surface area (Å²) in [6.07, 6.45) is 0.747. The van der Waals surface area contributed by atoms with Gasteiger partial charge in [-0.15, -0.1) is 0 Å². The van der Waals surface area contributed by atoms with Gasteiger partial charge < -0.3 is 0 Å². The molecule has 0 aromatic heterocycles. The average molecular weight is 328 g/mol. The maximum Gasteiger partial charge on any atom is 0.271 e. The first-order chi connectivity index (χ1) is 12.3. The van der Waals surface area contributed by atoms with Crippen LogP contribution in [0.2, 0.25) is 0 Å². The summed E-state index contributed by atoms with van der Waals surface area (Å²) in [6.45, 7) is 2.02. The van der Waals surface area contributed by atoms with E-state index in [4.69, 9.17) is 0 Å². The molecule has 1 N–H and O–H groups in total. The molecule has 0 spiro atoms. The van der Waals surface area contributed by atoms with E-state index in [1.54, 1.807) is 0 Å². The third-order valence-corrected chi connectivity index (χ3v) is 3.99. The van der Waals surface area contributed by atoms with E-state index in [1.807, 2.05) is 91.9 Å². The average Bonchev–Trinajstić information content (AvgIpc) is 2.70. The molecule has 3 aromatic rings. The topological polar surface area (TPSA) is 41.5 Å². The molecule has 3 aromatic carbocycles.